The van der Waals surface area contributed by atoms with Gasteiger partial charge in [0, 0.05) is 18.3 Å². The summed E-state index contributed by atoms with van der Waals surface area (Å²) in [7, 11) is 0. The molecule has 5 nitrogen and oxygen atoms in total. The van der Waals surface area contributed by atoms with Crippen molar-refractivity contribution in [3.63, 3.8) is 0 Å². The van der Waals surface area contributed by atoms with Crippen LogP contribution in [0.3, 0.4) is 0 Å². The minimum absolute atomic E-state index is 0.181. The lowest BCUT2D eigenvalue weighted by Gasteiger charge is -2.15. The summed E-state index contributed by atoms with van der Waals surface area (Å²) in [6.07, 6.45) is -3.71. The van der Waals surface area contributed by atoms with Crippen molar-refractivity contribution in [1.29, 1.82) is 0 Å². The molecule has 0 aliphatic carbocycles. The third kappa shape index (κ3) is 3.86. The van der Waals surface area contributed by atoms with Crippen molar-refractivity contribution in [2.45, 2.75) is 12.7 Å². The summed E-state index contributed by atoms with van der Waals surface area (Å²) in [5.41, 5.74) is 3.17. The van der Waals surface area contributed by atoms with Crippen molar-refractivity contribution in [3.8, 4) is 0 Å². The highest BCUT2D eigenvalue weighted by Gasteiger charge is 2.34. The average Bonchev–Trinajstić information content (AvgIpc) is 2.44. The van der Waals surface area contributed by atoms with Gasteiger partial charge in [0.25, 0.3) is 5.91 Å². The fourth-order valence-corrected chi connectivity index (χ4v) is 1.98. The van der Waals surface area contributed by atoms with Crippen molar-refractivity contribution in [3.05, 3.63) is 52.2 Å². The van der Waals surface area contributed by atoms with Crippen LogP contribution in [0.15, 0.2) is 24.4 Å². The van der Waals surface area contributed by atoms with Crippen LogP contribution >= 0.6 is 11.6 Å². The molecule has 3 N–H and O–H groups in total. The van der Waals surface area contributed by atoms with Gasteiger partial charge in [-0.3, -0.25) is 4.79 Å². The van der Waals surface area contributed by atoms with Gasteiger partial charge < -0.3 is 11.1 Å². The number of alkyl halides is 3. The van der Waals surface area contributed by atoms with E-state index in [1.807, 2.05) is 0 Å². The highest BCUT2D eigenvalue weighted by molar-refractivity contribution is 6.28. The van der Waals surface area contributed by atoms with E-state index in [-0.39, 0.29) is 16.7 Å². The van der Waals surface area contributed by atoms with Crippen LogP contribution in [-0.2, 0) is 12.7 Å². The van der Waals surface area contributed by atoms with E-state index >= 15 is 0 Å². The Kier molecular flexibility index (Phi) is 4.69. The van der Waals surface area contributed by atoms with Crippen LogP contribution in [0.25, 0.3) is 0 Å². The minimum Gasteiger partial charge on any atom is -0.365 e. The number of hydrogen-bond donors (Lipinski definition) is 2. The number of benzene rings is 1. The van der Waals surface area contributed by atoms with E-state index in [2.05, 4.69) is 15.3 Å². The highest BCUT2D eigenvalue weighted by atomic mass is 35.5. The Balaban J connectivity index is 2.36. The molecule has 0 saturated carbocycles. The van der Waals surface area contributed by atoms with Crippen molar-refractivity contribution in [2.75, 3.05) is 5.32 Å². The molecule has 0 saturated heterocycles. The van der Waals surface area contributed by atoms with Gasteiger partial charge in [0.2, 0.25) is 5.28 Å². The average molecular weight is 349 g/mol. The lowest BCUT2D eigenvalue weighted by atomic mass is 10.1. The monoisotopic (exact) mass is 348 g/mol. The van der Waals surface area contributed by atoms with Crippen LogP contribution in [0.5, 0.6) is 0 Å². The van der Waals surface area contributed by atoms with E-state index in [0.29, 0.717) is 0 Å². The zero-order valence-corrected chi connectivity index (χ0v) is 12.0. The molecular formula is C13H9ClF4N4O. The van der Waals surface area contributed by atoms with Gasteiger partial charge in [-0.15, -0.1) is 0 Å². The quantitative estimate of drug-likeness (QED) is 0.657. The van der Waals surface area contributed by atoms with Gasteiger partial charge in [-0.05, 0) is 23.7 Å². The van der Waals surface area contributed by atoms with Crippen LogP contribution in [0.2, 0.25) is 5.28 Å². The Morgan fingerprint density at radius 3 is 2.65 bits per heavy atom. The molecule has 0 fully saturated rings. The van der Waals surface area contributed by atoms with E-state index in [4.69, 9.17) is 17.3 Å². The fraction of sp³-hybridized carbons (Fsp3) is 0.154. The molecule has 2 rings (SSSR count). The number of amides is 1. The summed E-state index contributed by atoms with van der Waals surface area (Å²) >= 11 is 5.57. The molecule has 0 bridgehead atoms. The van der Waals surface area contributed by atoms with Gasteiger partial charge in [0.15, 0.2) is 0 Å². The molecule has 1 heterocycles. The minimum atomic E-state index is -4.73. The third-order valence-corrected chi connectivity index (χ3v) is 3.06. The Labute approximate surface area is 132 Å². The Morgan fingerprint density at radius 1 is 1.35 bits per heavy atom. The topological polar surface area (TPSA) is 80.9 Å². The number of nitrogens with two attached hydrogens (primary N) is 1. The molecule has 0 aliphatic heterocycles. The summed E-state index contributed by atoms with van der Waals surface area (Å²) in [5, 5.41) is 2.18. The molecule has 1 aromatic carbocycles. The molecular weight excluding hydrogens is 340 g/mol. The van der Waals surface area contributed by atoms with Crippen molar-refractivity contribution in [1.82, 2.24) is 9.97 Å². The number of nitrogens with one attached hydrogen (secondary N) is 1. The first-order valence-electron chi connectivity index (χ1n) is 6.11. The second-order valence-corrected chi connectivity index (χ2v) is 4.72. The molecule has 10 heteroatoms. The first-order chi connectivity index (χ1) is 10.7. The number of aromatic nitrogens is 2. The van der Waals surface area contributed by atoms with Gasteiger partial charge >= 0.3 is 6.18 Å². The molecule has 2 aromatic rings. The molecule has 0 unspecified atom stereocenters. The smallest absolute Gasteiger partial charge is 0.365 e. The van der Waals surface area contributed by atoms with Crippen LogP contribution < -0.4 is 11.1 Å². The number of carbonyl (C=O) groups excluding carboxylic acids is 1. The maximum atomic E-state index is 13.7. The summed E-state index contributed by atoms with van der Waals surface area (Å²) in [6, 6.07) is 2.61. The first kappa shape index (κ1) is 16.9. The number of carbonyl (C=O) groups is 1. The molecule has 23 heavy (non-hydrogen) atoms. The van der Waals surface area contributed by atoms with E-state index in [1.54, 1.807) is 0 Å². The molecule has 1 aromatic heterocycles. The maximum absolute atomic E-state index is 13.7. The predicted molar refractivity (Wildman–Crippen MR) is 74.3 cm³/mol. The van der Waals surface area contributed by atoms with Gasteiger partial charge in [-0.1, -0.05) is 6.07 Å². The number of halogens is 5. The highest BCUT2D eigenvalue weighted by Crippen LogP contribution is 2.33. The summed E-state index contributed by atoms with van der Waals surface area (Å²) < 4.78 is 52.5. The van der Waals surface area contributed by atoms with Gasteiger partial charge in [-0.2, -0.15) is 18.2 Å². The number of hydrogen-bond acceptors (Lipinski definition) is 4. The molecule has 0 atom stereocenters. The van der Waals surface area contributed by atoms with Crippen LogP contribution in [0, 0.1) is 5.82 Å². The molecule has 0 aliphatic rings. The largest absolute Gasteiger partial charge is 0.416 e. The van der Waals surface area contributed by atoms with E-state index in [0.717, 1.165) is 24.4 Å². The maximum Gasteiger partial charge on any atom is 0.416 e. The zero-order chi connectivity index (χ0) is 17.2. The van der Waals surface area contributed by atoms with E-state index in [9.17, 15) is 22.4 Å². The van der Waals surface area contributed by atoms with Gasteiger partial charge in [0.05, 0.1) is 11.1 Å². The van der Waals surface area contributed by atoms with E-state index in [1.165, 1.54) is 0 Å². The molecule has 0 radical (unpaired) electrons. The Bertz CT molecular complexity index is 751. The Hall–Kier alpha value is -2.42. The number of nitrogens with zero attached hydrogens (tertiary/aromatic N) is 2. The summed E-state index contributed by atoms with van der Waals surface area (Å²) in [6.45, 7) is -0.574. The van der Waals surface area contributed by atoms with Gasteiger partial charge in [0.1, 0.15) is 11.6 Å². The number of anilines is 1. The predicted octanol–water partition coefficient (Wildman–Crippen LogP) is 3.00. The van der Waals surface area contributed by atoms with Crippen LogP contribution in [0.4, 0.5) is 23.4 Å². The molecule has 122 valence electrons. The summed E-state index contributed by atoms with van der Waals surface area (Å²) in [5.74, 6) is -2.14. The van der Waals surface area contributed by atoms with Crippen molar-refractivity contribution >= 4 is 23.3 Å². The molecule has 0 spiro atoms. The standard InChI is InChI=1S/C13H9ClF4N4O/c14-12-21-5-7(10(19)23)11(22-12)20-4-6-8(13(16,17)18)2-1-3-9(6)15/h1-3,5H,4H2,(H2,19,23)(H,20,21,22). The Morgan fingerprint density at radius 2 is 2.04 bits per heavy atom. The molecule has 1 amide bonds. The first-order valence-corrected chi connectivity index (χ1v) is 6.48. The SMILES string of the molecule is NC(=O)c1cnc(Cl)nc1NCc1c(F)cccc1C(F)(F)F. The lowest BCUT2D eigenvalue weighted by Crippen LogP contribution is -2.18. The number of primary amides is 1. The third-order valence-electron chi connectivity index (χ3n) is 2.88. The van der Waals surface area contributed by atoms with Gasteiger partial charge in [-0.25, -0.2) is 9.37 Å². The normalized spacial score (nSPS) is 11.3. The number of rotatable bonds is 4. The second kappa shape index (κ2) is 6.37. The summed E-state index contributed by atoms with van der Waals surface area (Å²) in [4.78, 5) is 18.5. The van der Waals surface area contributed by atoms with Crippen LogP contribution in [-0.4, -0.2) is 15.9 Å². The fourth-order valence-electron chi connectivity index (χ4n) is 1.85. The van der Waals surface area contributed by atoms with E-state index < -0.39 is 35.6 Å². The lowest BCUT2D eigenvalue weighted by molar-refractivity contribution is -0.138. The zero-order valence-electron chi connectivity index (χ0n) is 11.3. The van der Waals surface area contributed by atoms with Crippen molar-refractivity contribution in [2.24, 2.45) is 5.73 Å². The van der Waals surface area contributed by atoms with Crippen LogP contribution in [0.1, 0.15) is 21.5 Å². The van der Waals surface area contributed by atoms with Crippen molar-refractivity contribution < 1.29 is 22.4 Å². The second-order valence-electron chi connectivity index (χ2n) is 4.38.